The third-order valence-electron chi connectivity index (χ3n) is 13.6. The van der Waals surface area contributed by atoms with Crippen LogP contribution in [0.5, 0.6) is 0 Å². The third kappa shape index (κ3) is 35.8. The molecule has 4 heterocycles. The Bertz CT molecular complexity index is 4890. The monoisotopic (exact) mass is 1830 g/mol. The molecule has 0 aliphatic rings. The van der Waals surface area contributed by atoms with Crippen LogP contribution in [-0.4, -0.2) is 136 Å². The summed E-state index contributed by atoms with van der Waals surface area (Å²) in [7, 11) is -11.9. The number of benzene rings is 6. The van der Waals surface area contributed by atoms with E-state index < -0.39 is 49.0 Å². The number of ether oxygens (including phenoxy) is 2. The van der Waals surface area contributed by atoms with Crippen LogP contribution in [0.15, 0.2) is 197 Å². The van der Waals surface area contributed by atoms with Gasteiger partial charge in [-0.1, -0.05) is 150 Å². The molecular formula is C70H82BBr3Cl2N10O14S7. The van der Waals surface area contributed by atoms with Crippen LogP contribution in [0.2, 0.25) is 4.47 Å². The van der Waals surface area contributed by atoms with Gasteiger partial charge in [-0.05, 0) is 123 Å². The van der Waals surface area contributed by atoms with Crippen LogP contribution >= 0.6 is 117 Å². The molecule has 107 heavy (non-hydrogen) atoms. The van der Waals surface area contributed by atoms with Crippen molar-refractivity contribution in [3.05, 3.63) is 217 Å². The summed E-state index contributed by atoms with van der Waals surface area (Å²) in [6.45, 7) is 19.1. The number of esters is 2. The minimum Gasteiger partial charge on any atom is -0.466 e. The number of nitrogens with zero attached hydrogens (tertiary/aromatic N) is 4. The van der Waals surface area contributed by atoms with Crippen LogP contribution in [-0.2, 0) is 58.7 Å². The molecule has 3 unspecified atom stereocenters. The first kappa shape index (κ1) is 94.6. The summed E-state index contributed by atoms with van der Waals surface area (Å²) in [5.41, 5.74) is 11.1. The summed E-state index contributed by atoms with van der Waals surface area (Å²) in [6.07, 6.45) is 9.27. The summed E-state index contributed by atoms with van der Waals surface area (Å²) in [5, 5.41) is 38.9. The molecule has 0 saturated carbocycles. The molecule has 0 fully saturated rings. The fourth-order valence-corrected chi connectivity index (χ4v) is 15.8. The number of carbonyl (C=O) groups is 4. The molecule has 24 nitrogen and oxygen atoms in total. The number of aromatic nitrogens is 4. The van der Waals surface area contributed by atoms with Crippen LogP contribution in [0.25, 0.3) is 52.0 Å². The lowest BCUT2D eigenvalue weighted by Crippen LogP contribution is -2.34. The molecule has 2 amide bonds. The molecule has 0 aliphatic heterocycles. The fourth-order valence-electron chi connectivity index (χ4n) is 8.71. The normalized spacial score (nSPS) is 11.6. The van der Waals surface area contributed by atoms with Crippen molar-refractivity contribution in [2.45, 2.75) is 63.7 Å². The zero-order chi connectivity index (χ0) is 78.6. The number of hydrogen-bond acceptors (Lipinski definition) is 23. The van der Waals surface area contributed by atoms with Gasteiger partial charge in [0.1, 0.15) is 20.9 Å². The summed E-state index contributed by atoms with van der Waals surface area (Å²) >= 11 is 21.9. The number of hydrogen-bond donors (Lipinski definition) is 8. The van der Waals surface area contributed by atoms with E-state index in [0.29, 0.717) is 65.3 Å². The molecular weight excluding hydrogens is 1750 g/mol. The maximum absolute atomic E-state index is 12.6. The first-order valence-electron chi connectivity index (χ1n) is 32.0. The molecule has 0 aliphatic carbocycles. The Labute approximate surface area is 675 Å². The van der Waals surface area contributed by atoms with Gasteiger partial charge >= 0.3 is 19.1 Å². The first-order chi connectivity index (χ1) is 50.2. The first-order valence-corrected chi connectivity index (χ1v) is 43.2. The molecule has 0 spiro atoms. The van der Waals surface area contributed by atoms with Crippen molar-refractivity contribution in [3.8, 4) is 11.1 Å². The number of thiazole rings is 4. The minimum absolute atomic E-state index is 0. The Morgan fingerprint density at radius 2 is 0.916 bits per heavy atom. The largest absolute Gasteiger partial charge is 0.488 e. The van der Waals surface area contributed by atoms with Gasteiger partial charge in [0.15, 0.2) is 4.47 Å². The zero-order valence-electron chi connectivity index (χ0n) is 58.0. The number of carbonyl (C=O) groups excluding carboxylic acids is 4. The van der Waals surface area contributed by atoms with Crippen LogP contribution < -0.4 is 37.2 Å². The number of amides is 2. The van der Waals surface area contributed by atoms with Gasteiger partial charge in [-0.3, -0.25) is 19.2 Å². The van der Waals surface area contributed by atoms with Crippen molar-refractivity contribution in [2.75, 3.05) is 50.1 Å². The lowest BCUT2D eigenvalue weighted by molar-refractivity contribution is -0.145. The van der Waals surface area contributed by atoms with E-state index in [0.717, 1.165) is 70.4 Å². The summed E-state index contributed by atoms with van der Waals surface area (Å²) in [4.78, 5) is 65.1. The molecule has 576 valence electrons. The van der Waals surface area contributed by atoms with Crippen molar-refractivity contribution < 1.29 is 64.0 Å². The number of sulfonamides is 3. The smallest absolute Gasteiger partial charge is 0.466 e. The molecule has 12 N–H and O–H groups in total. The molecule has 0 bridgehead atoms. The Kier molecular flexibility index (Phi) is 43.2. The second kappa shape index (κ2) is 48.8. The lowest BCUT2D eigenvalue weighted by atomic mass is 9.81. The standard InChI is InChI=1S/C20H21N3O3S2.C14H16BrN3O3S2.C14H14BrNO2S.C7H3BrClNS.C7H12O2.C6H7BO2.C2H8N2O2S.ClH/c1-2-6-16(19(24)22-11-12-28(21,25)26)20-23-17-10-9-15(13-18(17)27-20)14-7-4-3-5-8-14;1-2-3-10(13(19)17-6-7-23(16,20)21)14-18-11-5-4-9(15)8-12(11)22-14;1-3-5-10(14(17)18-4-2)13-16-11-7-6-9(15)8-12(11)19-13;8-4-1-2-5-6(3-4)11-7(9)10-5;1-3-5-6-7(8)9-4-2;8-7(9)6-4-2-1-3-5-6;3-1-2-7(4,5)6;/h2-5,7-10,13,16H,1,6,11-12H2,(H,22,24)(H2,21,25,26);2,4-5,8,10H,1,3,6-7H2,(H,17,19)(H2,16,20,21);3,6-8,10H,1,4-5H2,2H3;1-3H;3H,1,4-6H2,2H3;1-5,8-9H;1-3H2,(H2,4,5,6);1H. The maximum Gasteiger partial charge on any atom is 0.488 e. The van der Waals surface area contributed by atoms with Gasteiger partial charge in [0.25, 0.3) is 0 Å². The summed E-state index contributed by atoms with van der Waals surface area (Å²) in [5.74, 6) is -3.05. The third-order valence-corrected chi connectivity index (χ3v) is 22.0. The van der Waals surface area contributed by atoms with E-state index in [2.05, 4.69) is 121 Å². The predicted molar refractivity (Wildman–Crippen MR) is 450 cm³/mol. The lowest BCUT2D eigenvalue weighted by Gasteiger charge is -2.12. The van der Waals surface area contributed by atoms with E-state index in [1.54, 1.807) is 62.4 Å². The SMILES string of the molecule is C=CCC(C(=O)NCCS(N)(=O)=O)c1nc2ccc(-c3ccccc3)cc2s1.C=CCC(C(=O)NCCS(N)(=O)=O)c1nc2ccc(Br)cc2s1.C=CCC(C(=O)OCC)c1nc2ccc(Br)cc2s1.C=CCCC(=O)OCC.Cl.Clc1nc2ccc(Br)cc2s1.NCCS(N)(=O)=O.OB(O)c1ccccc1. The average molecular weight is 1830 g/mol. The van der Waals surface area contributed by atoms with E-state index in [-0.39, 0.29) is 79.0 Å². The topological polar surface area (TPSA) is 409 Å². The molecule has 4 aromatic heterocycles. The van der Waals surface area contributed by atoms with Crippen LogP contribution in [0.1, 0.15) is 78.7 Å². The van der Waals surface area contributed by atoms with E-state index in [1.165, 1.54) is 45.3 Å². The molecule has 3 atom stereocenters. The Morgan fingerprint density at radius 1 is 0.533 bits per heavy atom. The number of nitrogens with two attached hydrogens (primary N) is 4. The number of primary sulfonamides is 3. The Hall–Kier alpha value is -6.59. The van der Waals surface area contributed by atoms with E-state index in [4.69, 9.17) is 42.4 Å². The highest BCUT2D eigenvalue weighted by atomic mass is 79.9. The fraction of sp³-hybridized carbons (Fsp3) is 0.257. The van der Waals surface area contributed by atoms with Gasteiger partial charge in [0.2, 0.25) is 41.9 Å². The second-order valence-corrected chi connectivity index (χ2v) is 34.6. The average Bonchev–Trinajstić information content (AvgIpc) is 1.68. The van der Waals surface area contributed by atoms with Gasteiger partial charge in [0.05, 0.1) is 83.2 Å². The van der Waals surface area contributed by atoms with Gasteiger partial charge in [-0.25, -0.2) is 60.6 Å². The highest BCUT2D eigenvalue weighted by Crippen LogP contribution is 2.36. The van der Waals surface area contributed by atoms with Crippen molar-refractivity contribution in [1.82, 2.24) is 30.6 Å². The molecule has 10 aromatic rings. The van der Waals surface area contributed by atoms with Gasteiger partial charge in [-0.2, -0.15) is 0 Å². The van der Waals surface area contributed by atoms with Gasteiger partial charge < -0.3 is 35.9 Å². The van der Waals surface area contributed by atoms with Crippen LogP contribution in [0, 0.1) is 0 Å². The van der Waals surface area contributed by atoms with Crippen LogP contribution in [0.4, 0.5) is 0 Å². The van der Waals surface area contributed by atoms with E-state index in [9.17, 15) is 44.4 Å². The molecule has 0 radical (unpaired) electrons. The van der Waals surface area contributed by atoms with Crippen molar-refractivity contribution in [3.63, 3.8) is 0 Å². The quantitative estimate of drug-likeness (QED) is 0.0135. The van der Waals surface area contributed by atoms with Crippen LogP contribution in [0.3, 0.4) is 0 Å². The van der Waals surface area contributed by atoms with Crippen molar-refractivity contribution in [1.29, 1.82) is 0 Å². The Morgan fingerprint density at radius 3 is 1.29 bits per heavy atom. The number of allylic oxidation sites excluding steroid dienone is 4. The molecule has 6 aromatic carbocycles. The van der Waals surface area contributed by atoms with Gasteiger partial charge in [-0.15, -0.1) is 84.1 Å². The number of nitrogens with one attached hydrogen (secondary N) is 2. The minimum atomic E-state index is -3.62. The molecule has 10 rings (SSSR count). The Balaban J connectivity index is 0.000000341. The zero-order valence-corrected chi connectivity index (χ0v) is 70.1. The van der Waals surface area contributed by atoms with E-state index >= 15 is 0 Å². The molecule has 37 heteroatoms. The predicted octanol–water partition coefficient (Wildman–Crippen LogP) is 12.7. The maximum atomic E-state index is 12.6. The van der Waals surface area contributed by atoms with Gasteiger partial charge in [0, 0.05) is 39.5 Å². The highest BCUT2D eigenvalue weighted by Gasteiger charge is 2.27. The number of fused-ring (bicyclic) bond motifs is 4. The molecule has 0 saturated heterocycles. The summed E-state index contributed by atoms with van der Waals surface area (Å²) in [6, 6.07) is 42.2. The summed E-state index contributed by atoms with van der Waals surface area (Å²) < 4.78 is 81.3. The highest BCUT2D eigenvalue weighted by molar-refractivity contribution is 9.11. The van der Waals surface area contributed by atoms with E-state index in [1.807, 2.05) is 103 Å². The number of rotatable bonds is 27. The second-order valence-electron chi connectivity index (χ2n) is 21.9. The van der Waals surface area contributed by atoms with Crippen molar-refractivity contribution in [2.24, 2.45) is 21.2 Å². The van der Waals surface area contributed by atoms with Crippen molar-refractivity contribution >= 4 is 224 Å². The number of halogens is 5.